The summed E-state index contributed by atoms with van der Waals surface area (Å²) in [4.78, 5) is 4.84. The summed E-state index contributed by atoms with van der Waals surface area (Å²) in [6.07, 6.45) is -0.0266. The monoisotopic (exact) mass is 334 g/mol. The van der Waals surface area contributed by atoms with Crippen LogP contribution in [0.15, 0.2) is 30.3 Å². The Morgan fingerprint density at radius 1 is 1.25 bits per heavy atom. The molecule has 2 fully saturated rings. The summed E-state index contributed by atoms with van der Waals surface area (Å²) in [6, 6.07) is 11.0. The van der Waals surface area contributed by atoms with E-state index in [-0.39, 0.29) is 12.2 Å². The van der Waals surface area contributed by atoms with Gasteiger partial charge in [-0.1, -0.05) is 30.3 Å². The Morgan fingerprint density at radius 3 is 2.79 bits per heavy atom. The van der Waals surface area contributed by atoms with Gasteiger partial charge in [-0.15, -0.1) is 0 Å². The highest BCUT2D eigenvalue weighted by Gasteiger charge is 2.40. The van der Waals surface area contributed by atoms with Crippen LogP contribution in [0.25, 0.3) is 0 Å². The number of β-amino-alcohol motifs (C(OH)–C–C–N with tert-alkyl or cyclic N) is 1. The molecular weight excluding hydrogens is 304 g/mol. The van der Waals surface area contributed by atoms with E-state index in [1.54, 1.807) is 0 Å². The first-order valence-electron chi connectivity index (χ1n) is 9.03. The maximum Gasteiger partial charge on any atom is 0.0900 e. The molecule has 5 heteroatoms. The SMILES string of the molecule is CC(C)OCC(O)CN1CC2OCCN(Cc3ccccc3)C2C1. The molecule has 3 atom stereocenters. The molecule has 2 saturated heterocycles. The summed E-state index contributed by atoms with van der Waals surface area (Å²) < 4.78 is 11.5. The van der Waals surface area contributed by atoms with Crippen molar-refractivity contribution >= 4 is 0 Å². The summed E-state index contributed by atoms with van der Waals surface area (Å²) in [5.41, 5.74) is 1.35. The zero-order valence-corrected chi connectivity index (χ0v) is 14.8. The molecule has 1 aromatic carbocycles. The lowest BCUT2D eigenvalue weighted by atomic mass is 10.1. The number of aliphatic hydroxyl groups is 1. The van der Waals surface area contributed by atoms with E-state index in [1.165, 1.54) is 5.56 Å². The smallest absolute Gasteiger partial charge is 0.0900 e. The standard InChI is InChI=1S/C19H30N2O3/c1-15(2)24-14-17(22)11-20-12-18-19(13-20)23-9-8-21(18)10-16-6-4-3-5-7-16/h3-7,15,17-19,22H,8-14H2,1-2H3. The highest BCUT2D eigenvalue weighted by molar-refractivity contribution is 5.15. The number of rotatable bonds is 7. The third-order valence-electron chi connectivity index (χ3n) is 4.81. The molecule has 2 aliphatic rings. The second-order valence-corrected chi connectivity index (χ2v) is 7.19. The van der Waals surface area contributed by atoms with Crippen LogP contribution >= 0.6 is 0 Å². The second-order valence-electron chi connectivity index (χ2n) is 7.19. The Hall–Kier alpha value is -0.980. The predicted octanol–water partition coefficient (Wildman–Crippen LogP) is 1.36. The summed E-state index contributed by atoms with van der Waals surface area (Å²) in [6.45, 7) is 9.63. The molecule has 0 spiro atoms. The number of ether oxygens (including phenoxy) is 2. The predicted molar refractivity (Wildman–Crippen MR) is 93.9 cm³/mol. The fraction of sp³-hybridized carbons (Fsp3) is 0.684. The van der Waals surface area contributed by atoms with Gasteiger partial charge in [-0.2, -0.15) is 0 Å². The van der Waals surface area contributed by atoms with Gasteiger partial charge >= 0.3 is 0 Å². The van der Waals surface area contributed by atoms with Gasteiger partial charge in [0.25, 0.3) is 0 Å². The van der Waals surface area contributed by atoms with Crippen molar-refractivity contribution in [1.29, 1.82) is 0 Å². The maximum atomic E-state index is 10.2. The highest BCUT2D eigenvalue weighted by atomic mass is 16.5. The molecule has 24 heavy (non-hydrogen) atoms. The van der Waals surface area contributed by atoms with E-state index in [4.69, 9.17) is 9.47 Å². The highest BCUT2D eigenvalue weighted by Crippen LogP contribution is 2.24. The Labute approximate surface area is 145 Å². The molecule has 0 saturated carbocycles. The first-order chi connectivity index (χ1) is 11.6. The fourth-order valence-electron chi connectivity index (χ4n) is 3.65. The van der Waals surface area contributed by atoms with Gasteiger partial charge in [-0.3, -0.25) is 9.80 Å². The lowest BCUT2D eigenvalue weighted by Gasteiger charge is -2.37. The van der Waals surface area contributed by atoms with Crippen LogP contribution in [0.4, 0.5) is 0 Å². The largest absolute Gasteiger partial charge is 0.389 e. The van der Waals surface area contributed by atoms with Crippen molar-refractivity contribution in [3.05, 3.63) is 35.9 Å². The molecule has 2 aliphatic heterocycles. The van der Waals surface area contributed by atoms with E-state index in [0.29, 0.717) is 19.2 Å². The van der Waals surface area contributed by atoms with E-state index < -0.39 is 6.10 Å². The van der Waals surface area contributed by atoms with E-state index in [0.717, 1.165) is 32.8 Å². The minimum atomic E-state index is -0.435. The first-order valence-corrected chi connectivity index (χ1v) is 9.03. The lowest BCUT2D eigenvalue weighted by Crippen LogP contribution is -2.50. The fourth-order valence-corrected chi connectivity index (χ4v) is 3.65. The summed E-state index contributed by atoms with van der Waals surface area (Å²) >= 11 is 0. The molecule has 3 unspecified atom stereocenters. The van der Waals surface area contributed by atoms with Gasteiger partial charge in [0.2, 0.25) is 0 Å². The molecule has 1 N–H and O–H groups in total. The van der Waals surface area contributed by atoms with Crippen LogP contribution in [0, 0.1) is 0 Å². The average Bonchev–Trinajstić information content (AvgIpc) is 2.97. The number of likely N-dealkylation sites (tertiary alicyclic amines) is 1. The zero-order chi connectivity index (χ0) is 16.9. The number of hydrogen-bond donors (Lipinski definition) is 1. The number of aliphatic hydroxyl groups excluding tert-OH is 1. The van der Waals surface area contributed by atoms with Crippen molar-refractivity contribution < 1.29 is 14.6 Å². The van der Waals surface area contributed by atoms with Crippen molar-refractivity contribution in [2.75, 3.05) is 39.4 Å². The van der Waals surface area contributed by atoms with Crippen molar-refractivity contribution in [1.82, 2.24) is 9.80 Å². The van der Waals surface area contributed by atoms with Gasteiger partial charge in [-0.05, 0) is 19.4 Å². The number of hydrogen-bond acceptors (Lipinski definition) is 5. The second kappa shape index (κ2) is 8.41. The first kappa shape index (κ1) is 17.8. The minimum absolute atomic E-state index is 0.158. The molecule has 0 radical (unpaired) electrons. The summed E-state index contributed by atoms with van der Waals surface area (Å²) in [5, 5.41) is 10.2. The number of nitrogens with zero attached hydrogens (tertiary/aromatic N) is 2. The van der Waals surface area contributed by atoms with Gasteiger partial charge in [0.1, 0.15) is 0 Å². The van der Waals surface area contributed by atoms with Gasteiger partial charge in [0.05, 0.1) is 37.6 Å². The molecule has 3 rings (SSSR count). The maximum absolute atomic E-state index is 10.2. The summed E-state index contributed by atoms with van der Waals surface area (Å²) in [7, 11) is 0. The van der Waals surface area contributed by atoms with E-state index in [2.05, 4.69) is 40.1 Å². The third-order valence-corrected chi connectivity index (χ3v) is 4.81. The van der Waals surface area contributed by atoms with Crippen molar-refractivity contribution in [3.8, 4) is 0 Å². The molecule has 1 aromatic rings. The number of fused-ring (bicyclic) bond motifs is 1. The molecule has 0 amide bonds. The minimum Gasteiger partial charge on any atom is -0.389 e. The Balaban J connectivity index is 1.53. The van der Waals surface area contributed by atoms with E-state index in [9.17, 15) is 5.11 Å². The topological polar surface area (TPSA) is 45.2 Å². The van der Waals surface area contributed by atoms with Crippen molar-refractivity contribution in [2.45, 2.75) is 44.7 Å². The third kappa shape index (κ3) is 4.77. The van der Waals surface area contributed by atoms with Gasteiger partial charge in [0, 0.05) is 32.7 Å². The van der Waals surface area contributed by atoms with Gasteiger partial charge in [-0.25, -0.2) is 0 Å². The van der Waals surface area contributed by atoms with Crippen LogP contribution < -0.4 is 0 Å². The molecular formula is C19H30N2O3. The zero-order valence-electron chi connectivity index (χ0n) is 14.8. The average molecular weight is 334 g/mol. The van der Waals surface area contributed by atoms with Crippen LogP contribution in [-0.4, -0.2) is 78.7 Å². The van der Waals surface area contributed by atoms with Crippen LogP contribution in [0.1, 0.15) is 19.4 Å². The molecule has 2 heterocycles. The Morgan fingerprint density at radius 2 is 2.04 bits per heavy atom. The van der Waals surface area contributed by atoms with Crippen LogP contribution in [0.5, 0.6) is 0 Å². The normalized spacial score (nSPS) is 26.7. The van der Waals surface area contributed by atoms with E-state index in [1.807, 2.05) is 13.8 Å². The molecule has 134 valence electrons. The van der Waals surface area contributed by atoms with Gasteiger partial charge < -0.3 is 14.6 Å². The molecule has 0 aromatic heterocycles. The Bertz CT molecular complexity index is 497. The van der Waals surface area contributed by atoms with Crippen molar-refractivity contribution in [2.24, 2.45) is 0 Å². The molecule has 5 nitrogen and oxygen atoms in total. The van der Waals surface area contributed by atoms with Crippen molar-refractivity contribution in [3.63, 3.8) is 0 Å². The molecule has 0 aliphatic carbocycles. The number of morpholine rings is 1. The van der Waals surface area contributed by atoms with Gasteiger partial charge in [0.15, 0.2) is 0 Å². The van der Waals surface area contributed by atoms with Crippen LogP contribution in [-0.2, 0) is 16.0 Å². The quantitative estimate of drug-likeness (QED) is 0.816. The lowest BCUT2D eigenvalue weighted by molar-refractivity contribution is -0.0507. The number of benzene rings is 1. The van der Waals surface area contributed by atoms with Crippen LogP contribution in [0.2, 0.25) is 0 Å². The van der Waals surface area contributed by atoms with E-state index >= 15 is 0 Å². The molecule has 0 bridgehead atoms. The Kier molecular flexibility index (Phi) is 6.25. The summed E-state index contributed by atoms with van der Waals surface area (Å²) in [5.74, 6) is 0. The van der Waals surface area contributed by atoms with Crippen LogP contribution in [0.3, 0.4) is 0 Å².